The van der Waals surface area contributed by atoms with Crippen molar-refractivity contribution in [3.8, 4) is 0 Å². The quantitative estimate of drug-likeness (QED) is 0.624. The summed E-state index contributed by atoms with van der Waals surface area (Å²) in [4.78, 5) is 27.4. The Morgan fingerprint density at radius 2 is 1.83 bits per heavy atom. The summed E-state index contributed by atoms with van der Waals surface area (Å²) >= 11 is 0. The first-order valence-corrected chi connectivity index (χ1v) is 7.23. The summed E-state index contributed by atoms with van der Waals surface area (Å²) in [6.07, 6.45) is 2.08. The van der Waals surface area contributed by atoms with Gasteiger partial charge in [-0.05, 0) is 12.0 Å². The fourth-order valence-corrected chi connectivity index (χ4v) is 2.29. The number of hydrogen-bond acceptors (Lipinski definition) is 5. The third kappa shape index (κ3) is 4.24. The second-order valence-corrected chi connectivity index (χ2v) is 5.48. The molecule has 2 rings (SSSR count). The zero-order valence-corrected chi connectivity index (χ0v) is 12.8. The minimum absolute atomic E-state index is 0.0599. The fourth-order valence-electron chi connectivity index (χ4n) is 2.29. The van der Waals surface area contributed by atoms with Gasteiger partial charge in [-0.3, -0.25) is 9.59 Å². The van der Waals surface area contributed by atoms with Crippen LogP contribution in [0.5, 0.6) is 0 Å². The highest BCUT2D eigenvalue weighted by Crippen LogP contribution is 2.09. The van der Waals surface area contributed by atoms with Crippen molar-refractivity contribution >= 4 is 11.8 Å². The van der Waals surface area contributed by atoms with Crippen molar-refractivity contribution in [2.24, 2.45) is 18.5 Å². The van der Waals surface area contributed by atoms with Crippen molar-refractivity contribution in [1.82, 2.24) is 9.55 Å². The number of hydrogen-bond donors (Lipinski definition) is 3. The Morgan fingerprint density at radius 1 is 1.17 bits per heavy atom. The second-order valence-electron chi connectivity index (χ2n) is 5.48. The summed E-state index contributed by atoms with van der Waals surface area (Å²) in [5, 5.41) is 8.83. The molecule has 0 amide bonds. The van der Waals surface area contributed by atoms with Crippen molar-refractivity contribution in [3.05, 3.63) is 53.6 Å². The van der Waals surface area contributed by atoms with Gasteiger partial charge in [-0.2, -0.15) is 0 Å². The molecule has 23 heavy (non-hydrogen) atoms. The summed E-state index contributed by atoms with van der Waals surface area (Å²) in [5.74, 6) is -1.18. The summed E-state index contributed by atoms with van der Waals surface area (Å²) in [7, 11) is 1.67. The molecule has 0 spiro atoms. The lowest BCUT2D eigenvalue weighted by atomic mass is 10.0. The van der Waals surface area contributed by atoms with Gasteiger partial charge >= 0.3 is 5.97 Å². The molecular weight excluding hydrogens is 296 g/mol. The van der Waals surface area contributed by atoms with E-state index in [0.717, 1.165) is 5.56 Å². The molecule has 0 radical (unpaired) electrons. The summed E-state index contributed by atoms with van der Waals surface area (Å²) in [6, 6.07) is 7.72. The van der Waals surface area contributed by atoms with Gasteiger partial charge in [0.2, 0.25) is 5.78 Å². The number of carboxylic acid groups (broad SMARTS) is 1. The standard InChI is InChI=1S/C16H20N4O3/c1-20-9-11(8-13(18)16(22)23)19-15(20)14(21)12(17)7-10-5-3-2-4-6-10/h2-6,9,12-13H,7-8,17-18H2,1H3,(H,22,23)/t12-,13-/m0/s1. The zero-order chi connectivity index (χ0) is 17.0. The molecule has 0 unspecified atom stereocenters. The second kappa shape index (κ2) is 7.17. The van der Waals surface area contributed by atoms with Crippen molar-refractivity contribution < 1.29 is 14.7 Å². The topological polar surface area (TPSA) is 124 Å². The molecule has 1 aromatic carbocycles. The maximum absolute atomic E-state index is 12.4. The lowest BCUT2D eigenvalue weighted by Crippen LogP contribution is -2.34. The van der Waals surface area contributed by atoms with E-state index in [1.165, 1.54) is 0 Å². The van der Waals surface area contributed by atoms with E-state index >= 15 is 0 Å². The van der Waals surface area contributed by atoms with Crippen LogP contribution in [0.3, 0.4) is 0 Å². The van der Waals surface area contributed by atoms with Crippen LogP contribution in [0.1, 0.15) is 21.9 Å². The van der Waals surface area contributed by atoms with Gasteiger partial charge < -0.3 is 21.1 Å². The van der Waals surface area contributed by atoms with E-state index < -0.39 is 18.1 Å². The molecule has 7 nitrogen and oxygen atoms in total. The van der Waals surface area contributed by atoms with Gasteiger partial charge in [0.1, 0.15) is 6.04 Å². The Hall–Kier alpha value is -2.51. The molecule has 0 bridgehead atoms. The molecule has 2 atom stereocenters. The number of rotatable bonds is 7. The molecule has 0 aliphatic carbocycles. The van der Waals surface area contributed by atoms with E-state index in [0.29, 0.717) is 12.1 Å². The van der Waals surface area contributed by atoms with Crippen molar-refractivity contribution in [1.29, 1.82) is 0 Å². The number of benzene rings is 1. The highest BCUT2D eigenvalue weighted by atomic mass is 16.4. The summed E-state index contributed by atoms with van der Waals surface area (Å²) < 4.78 is 1.55. The first-order valence-electron chi connectivity index (χ1n) is 7.23. The Labute approximate surface area is 133 Å². The van der Waals surface area contributed by atoms with Crippen LogP contribution >= 0.6 is 0 Å². The molecule has 0 aliphatic rings. The Kier molecular flexibility index (Phi) is 5.25. The van der Waals surface area contributed by atoms with Crippen LogP contribution in [0.25, 0.3) is 0 Å². The van der Waals surface area contributed by atoms with Crippen LogP contribution in [0, 0.1) is 0 Å². The van der Waals surface area contributed by atoms with Crippen molar-refractivity contribution in [2.45, 2.75) is 24.9 Å². The van der Waals surface area contributed by atoms with Crippen LogP contribution in [0.4, 0.5) is 0 Å². The third-order valence-electron chi connectivity index (χ3n) is 3.53. The van der Waals surface area contributed by atoms with E-state index in [1.807, 2.05) is 30.3 Å². The third-order valence-corrected chi connectivity index (χ3v) is 3.53. The number of nitrogens with zero attached hydrogens (tertiary/aromatic N) is 2. The minimum atomic E-state index is -1.11. The lowest BCUT2D eigenvalue weighted by molar-refractivity contribution is -0.138. The summed E-state index contributed by atoms with van der Waals surface area (Å²) in [5.41, 5.74) is 12.9. The Balaban J connectivity index is 2.10. The van der Waals surface area contributed by atoms with Crippen molar-refractivity contribution in [2.75, 3.05) is 0 Å². The number of carbonyl (C=O) groups is 2. The van der Waals surface area contributed by atoms with Crippen LogP contribution in [0.15, 0.2) is 36.5 Å². The molecule has 0 aliphatic heterocycles. The fraction of sp³-hybridized carbons (Fsp3) is 0.312. The number of aliphatic carboxylic acids is 1. The van der Waals surface area contributed by atoms with E-state index in [-0.39, 0.29) is 18.0 Å². The average Bonchev–Trinajstić information content (AvgIpc) is 2.87. The van der Waals surface area contributed by atoms with E-state index in [1.54, 1.807) is 17.8 Å². The van der Waals surface area contributed by atoms with Crippen molar-refractivity contribution in [3.63, 3.8) is 0 Å². The molecule has 1 heterocycles. The maximum atomic E-state index is 12.4. The molecule has 0 saturated heterocycles. The molecular formula is C16H20N4O3. The summed E-state index contributed by atoms with van der Waals surface area (Å²) in [6.45, 7) is 0. The SMILES string of the molecule is Cn1cc(C[C@H](N)C(=O)O)nc1C(=O)[C@@H](N)Cc1ccccc1. The zero-order valence-electron chi connectivity index (χ0n) is 12.8. The first-order chi connectivity index (χ1) is 10.9. The Morgan fingerprint density at radius 3 is 2.43 bits per heavy atom. The van der Waals surface area contributed by atoms with E-state index in [2.05, 4.69) is 4.98 Å². The number of Topliss-reactive ketones (excluding diaryl/α,β-unsaturated/α-hetero) is 1. The van der Waals surface area contributed by atoms with Gasteiger partial charge in [-0.1, -0.05) is 30.3 Å². The molecule has 1 aromatic heterocycles. The van der Waals surface area contributed by atoms with Crippen LogP contribution < -0.4 is 11.5 Å². The van der Waals surface area contributed by atoms with Gasteiger partial charge in [-0.15, -0.1) is 0 Å². The number of carboxylic acids is 1. The maximum Gasteiger partial charge on any atom is 0.320 e. The first kappa shape index (κ1) is 16.9. The average molecular weight is 316 g/mol. The van der Waals surface area contributed by atoms with Crippen LogP contribution in [-0.4, -0.2) is 38.5 Å². The van der Waals surface area contributed by atoms with Crippen LogP contribution in [-0.2, 0) is 24.7 Å². The number of imidazole rings is 1. The largest absolute Gasteiger partial charge is 0.480 e. The van der Waals surface area contributed by atoms with Gasteiger partial charge in [0.25, 0.3) is 0 Å². The number of aryl methyl sites for hydroxylation is 1. The number of aromatic nitrogens is 2. The van der Waals surface area contributed by atoms with Crippen LogP contribution in [0.2, 0.25) is 0 Å². The highest BCUT2D eigenvalue weighted by Gasteiger charge is 2.22. The van der Waals surface area contributed by atoms with Gasteiger partial charge in [0.15, 0.2) is 5.82 Å². The number of ketones is 1. The minimum Gasteiger partial charge on any atom is -0.480 e. The molecule has 0 saturated carbocycles. The van der Waals surface area contributed by atoms with Gasteiger partial charge in [0, 0.05) is 19.7 Å². The predicted octanol–water partition coefficient (Wildman–Crippen LogP) is 0.127. The number of nitrogens with two attached hydrogens (primary N) is 2. The smallest absolute Gasteiger partial charge is 0.320 e. The molecule has 122 valence electrons. The van der Waals surface area contributed by atoms with E-state index in [9.17, 15) is 9.59 Å². The normalized spacial score (nSPS) is 13.5. The predicted molar refractivity (Wildman–Crippen MR) is 85.0 cm³/mol. The molecule has 7 heteroatoms. The van der Waals surface area contributed by atoms with E-state index in [4.69, 9.17) is 16.6 Å². The number of carbonyl (C=O) groups excluding carboxylic acids is 1. The Bertz CT molecular complexity index is 697. The molecule has 5 N–H and O–H groups in total. The molecule has 0 fully saturated rings. The lowest BCUT2D eigenvalue weighted by Gasteiger charge is -2.10. The van der Waals surface area contributed by atoms with Gasteiger partial charge in [-0.25, -0.2) is 4.98 Å². The van der Waals surface area contributed by atoms with Gasteiger partial charge in [0.05, 0.1) is 11.7 Å². The highest BCUT2D eigenvalue weighted by molar-refractivity contribution is 5.97. The molecule has 2 aromatic rings. The monoisotopic (exact) mass is 316 g/mol.